The van der Waals surface area contributed by atoms with Crippen LogP contribution in [0.25, 0.3) is 0 Å². The second kappa shape index (κ2) is 4.35. The second-order valence-corrected chi connectivity index (χ2v) is 4.88. The number of benzene rings is 1. The van der Waals surface area contributed by atoms with E-state index in [-0.39, 0.29) is 0 Å². The van der Waals surface area contributed by atoms with Crippen LogP contribution in [0.4, 0.5) is 0 Å². The van der Waals surface area contributed by atoms with Crippen LogP contribution in [0.5, 0.6) is 0 Å². The lowest BCUT2D eigenvalue weighted by atomic mass is 9.83. The van der Waals surface area contributed by atoms with Gasteiger partial charge in [-0.25, -0.2) is 0 Å². The fourth-order valence-electron chi connectivity index (χ4n) is 2.27. The summed E-state index contributed by atoms with van der Waals surface area (Å²) in [6, 6.07) is 8.85. The quantitative estimate of drug-likeness (QED) is 0.605. The lowest BCUT2D eigenvalue weighted by Gasteiger charge is -2.27. The minimum Gasteiger partial charge on any atom is -0.122 e. The van der Waals surface area contributed by atoms with E-state index in [9.17, 15) is 0 Å². The Morgan fingerprint density at radius 2 is 1.71 bits per heavy atom. The van der Waals surface area contributed by atoms with E-state index in [2.05, 4.69) is 31.2 Å². The van der Waals surface area contributed by atoms with Gasteiger partial charge in [0.15, 0.2) is 0 Å². The predicted octanol–water partition coefficient (Wildman–Crippen LogP) is 4.26. The van der Waals surface area contributed by atoms with Gasteiger partial charge < -0.3 is 0 Å². The first-order valence-electron chi connectivity index (χ1n) is 5.48. The highest BCUT2D eigenvalue weighted by atomic mass is 35.5. The van der Waals surface area contributed by atoms with Gasteiger partial charge in [0.1, 0.15) is 0 Å². The van der Waals surface area contributed by atoms with E-state index in [1.165, 1.54) is 36.8 Å². The van der Waals surface area contributed by atoms with Gasteiger partial charge in [0.2, 0.25) is 0 Å². The molecule has 0 N–H and O–H groups in total. The van der Waals surface area contributed by atoms with Crippen LogP contribution in [0.15, 0.2) is 24.3 Å². The van der Waals surface area contributed by atoms with E-state index in [1.54, 1.807) is 0 Å². The third-order valence-corrected chi connectivity index (χ3v) is 3.71. The predicted molar refractivity (Wildman–Crippen MR) is 62.0 cm³/mol. The number of halogens is 1. The molecule has 0 amide bonds. The number of rotatable bonds is 1. The maximum Gasteiger partial charge on any atom is 0.0404 e. The van der Waals surface area contributed by atoms with E-state index in [4.69, 9.17) is 11.6 Å². The Hall–Kier alpha value is -0.490. The summed E-state index contributed by atoms with van der Waals surface area (Å²) in [6.07, 6.45) is 5.08. The highest BCUT2D eigenvalue weighted by Gasteiger charge is 2.24. The van der Waals surface area contributed by atoms with Crippen molar-refractivity contribution in [2.24, 2.45) is 0 Å². The number of aryl methyl sites for hydroxylation is 1. The SMILES string of the molecule is Cc1ccc([C@H]2CCCC[C@H]2Cl)cc1. The lowest BCUT2D eigenvalue weighted by molar-refractivity contribution is 0.450. The summed E-state index contributed by atoms with van der Waals surface area (Å²) in [5, 5.41) is 0.353. The van der Waals surface area contributed by atoms with E-state index in [0.717, 1.165) is 0 Å². The Morgan fingerprint density at radius 1 is 1.07 bits per heavy atom. The third kappa shape index (κ3) is 2.12. The summed E-state index contributed by atoms with van der Waals surface area (Å²) in [7, 11) is 0. The number of hydrogen-bond donors (Lipinski definition) is 0. The average Bonchev–Trinajstić information content (AvgIpc) is 2.20. The van der Waals surface area contributed by atoms with Gasteiger partial charge in [0.05, 0.1) is 0 Å². The lowest BCUT2D eigenvalue weighted by Crippen LogP contribution is -2.17. The fourth-order valence-corrected chi connectivity index (χ4v) is 2.70. The molecule has 0 bridgehead atoms. The Kier molecular flexibility index (Phi) is 3.12. The molecule has 76 valence electrons. The van der Waals surface area contributed by atoms with Crippen LogP contribution in [0.3, 0.4) is 0 Å². The molecular weight excluding hydrogens is 192 g/mol. The molecule has 0 aromatic heterocycles. The minimum atomic E-state index is 0.353. The highest BCUT2D eigenvalue weighted by Crippen LogP contribution is 2.36. The molecule has 14 heavy (non-hydrogen) atoms. The summed E-state index contributed by atoms with van der Waals surface area (Å²) in [4.78, 5) is 0. The van der Waals surface area contributed by atoms with Crippen LogP contribution in [0, 0.1) is 6.92 Å². The van der Waals surface area contributed by atoms with Crippen molar-refractivity contribution in [2.45, 2.75) is 43.9 Å². The molecule has 1 aromatic rings. The van der Waals surface area contributed by atoms with E-state index in [0.29, 0.717) is 11.3 Å². The monoisotopic (exact) mass is 208 g/mol. The van der Waals surface area contributed by atoms with Gasteiger partial charge in [-0.15, -0.1) is 11.6 Å². The van der Waals surface area contributed by atoms with Gasteiger partial charge in [0, 0.05) is 11.3 Å². The first-order chi connectivity index (χ1) is 6.77. The first kappa shape index (κ1) is 10.0. The van der Waals surface area contributed by atoms with Crippen molar-refractivity contribution < 1.29 is 0 Å². The van der Waals surface area contributed by atoms with Gasteiger partial charge in [0.25, 0.3) is 0 Å². The first-order valence-corrected chi connectivity index (χ1v) is 5.91. The zero-order valence-electron chi connectivity index (χ0n) is 8.67. The van der Waals surface area contributed by atoms with Crippen LogP contribution in [0.1, 0.15) is 42.7 Å². The average molecular weight is 209 g/mol. The van der Waals surface area contributed by atoms with Gasteiger partial charge >= 0.3 is 0 Å². The minimum absolute atomic E-state index is 0.353. The summed E-state index contributed by atoms with van der Waals surface area (Å²) in [6.45, 7) is 2.13. The summed E-state index contributed by atoms with van der Waals surface area (Å²) < 4.78 is 0. The molecule has 0 aliphatic heterocycles. The van der Waals surface area contributed by atoms with E-state index in [1.807, 2.05) is 0 Å². The number of hydrogen-bond acceptors (Lipinski definition) is 0. The van der Waals surface area contributed by atoms with Crippen molar-refractivity contribution in [1.29, 1.82) is 0 Å². The Balaban J connectivity index is 2.16. The van der Waals surface area contributed by atoms with E-state index >= 15 is 0 Å². The van der Waals surface area contributed by atoms with Crippen LogP contribution in [0.2, 0.25) is 0 Å². The Morgan fingerprint density at radius 3 is 2.36 bits per heavy atom. The van der Waals surface area contributed by atoms with Gasteiger partial charge in [-0.1, -0.05) is 42.7 Å². The molecule has 1 aromatic carbocycles. The van der Waals surface area contributed by atoms with Crippen LogP contribution < -0.4 is 0 Å². The van der Waals surface area contributed by atoms with Gasteiger partial charge in [-0.05, 0) is 25.3 Å². The van der Waals surface area contributed by atoms with Crippen molar-refractivity contribution in [2.75, 3.05) is 0 Å². The normalized spacial score (nSPS) is 27.6. The van der Waals surface area contributed by atoms with Crippen LogP contribution >= 0.6 is 11.6 Å². The molecule has 0 nitrogen and oxygen atoms in total. The molecule has 0 heterocycles. The Labute approximate surface area is 91.3 Å². The third-order valence-electron chi connectivity index (χ3n) is 3.19. The topological polar surface area (TPSA) is 0 Å². The van der Waals surface area contributed by atoms with Crippen molar-refractivity contribution >= 4 is 11.6 Å². The van der Waals surface area contributed by atoms with Crippen molar-refractivity contribution in [3.05, 3.63) is 35.4 Å². The van der Waals surface area contributed by atoms with Crippen molar-refractivity contribution in [3.8, 4) is 0 Å². The smallest absolute Gasteiger partial charge is 0.0404 e. The molecule has 0 spiro atoms. The zero-order valence-corrected chi connectivity index (χ0v) is 9.43. The molecule has 0 radical (unpaired) electrons. The summed E-state index contributed by atoms with van der Waals surface area (Å²) in [5.74, 6) is 0.589. The zero-order chi connectivity index (χ0) is 9.97. The maximum atomic E-state index is 6.36. The molecule has 1 aliphatic carbocycles. The maximum absolute atomic E-state index is 6.36. The summed E-state index contributed by atoms with van der Waals surface area (Å²) >= 11 is 6.36. The van der Waals surface area contributed by atoms with Crippen LogP contribution in [-0.4, -0.2) is 5.38 Å². The summed E-state index contributed by atoms with van der Waals surface area (Å²) in [5.41, 5.74) is 2.76. The Bertz CT molecular complexity index is 289. The largest absolute Gasteiger partial charge is 0.122 e. The number of alkyl halides is 1. The molecule has 1 aliphatic rings. The highest BCUT2D eigenvalue weighted by molar-refractivity contribution is 6.21. The van der Waals surface area contributed by atoms with Gasteiger partial charge in [-0.2, -0.15) is 0 Å². The van der Waals surface area contributed by atoms with Crippen molar-refractivity contribution in [3.63, 3.8) is 0 Å². The molecule has 2 atom stereocenters. The van der Waals surface area contributed by atoms with Crippen LogP contribution in [-0.2, 0) is 0 Å². The molecule has 2 rings (SSSR count). The standard InChI is InChI=1S/C13H17Cl/c1-10-6-8-11(9-7-10)12-4-2-3-5-13(12)14/h6-9,12-13H,2-5H2,1H3/t12-,13-/m1/s1. The van der Waals surface area contributed by atoms with E-state index < -0.39 is 0 Å². The molecule has 1 fully saturated rings. The van der Waals surface area contributed by atoms with Crippen molar-refractivity contribution in [1.82, 2.24) is 0 Å². The molecule has 1 saturated carbocycles. The van der Waals surface area contributed by atoms with Gasteiger partial charge in [-0.3, -0.25) is 0 Å². The molecule has 1 heteroatoms. The second-order valence-electron chi connectivity index (χ2n) is 4.32. The molecule has 0 unspecified atom stereocenters. The molecule has 0 saturated heterocycles. The molecular formula is C13H17Cl. The fraction of sp³-hybridized carbons (Fsp3) is 0.538.